The van der Waals surface area contributed by atoms with E-state index in [0.717, 1.165) is 0 Å². The van der Waals surface area contributed by atoms with E-state index in [1.165, 1.54) is 26.4 Å². The van der Waals surface area contributed by atoms with Crippen LogP contribution in [0.3, 0.4) is 0 Å². The van der Waals surface area contributed by atoms with E-state index in [1.54, 1.807) is 6.92 Å². The third-order valence-corrected chi connectivity index (χ3v) is 4.45. The average molecular weight is 311 g/mol. The molecule has 22 heavy (non-hydrogen) atoms. The normalized spacial score (nSPS) is 18.0. The van der Waals surface area contributed by atoms with Gasteiger partial charge in [0.05, 0.1) is 19.6 Å². The fraction of sp³-hybridized carbons (Fsp3) is 0.562. The predicted octanol–water partition coefficient (Wildman–Crippen LogP) is 2.53. The molecule has 1 fully saturated rings. The molecule has 0 bridgehead atoms. The highest BCUT2D eigenvalue weighted by atomic mass is 19.1. The monoisotopic (exact) mass is 311 g/mol. The molecule has 0 unspecified atom stereocenters. The van der Waals surface area contributed by atoms with E-state index >= 15 is 0 Å². The van der Waals surface area contributed by atoms with Crippen molar-refractivity contribution in [1.82, 2.24) is 4.90 Å². The summed E-state index contributed by atoms with van der Waals surface area (Å²) in [5.41, 5.74) is -0.242. The highest BCUT2D eigenvalue weighted by Gasteiger charge is 2.37. The van der Waals surface area contributed by atoms with Crippen molar-refractivity contribution >= 4 is 5.97 Å². The van der Waals surface area contributed by atoms with Crippen molar-refractivity contribution in [3.05, 3.63) is 23.5 Å². The van der Waals surface area contributed by atoms with Crippen LogP contribution in [0, 0.1) is 11.2 Å². The largest absolute Gasteiger partial charge is 0.493 e. The van der Waals surface area contributed by atoms with Gasteiger partial charge in [0.25, 0.3) is 0 Å². The number of aliphatic carboxylic acids is 1. The number of rotatable bonds is 5. The third-order valence-electron chi connectivity index (χ3n) is 4.45. The summed E-state index contributed by atoms with van der Waals surface area (Å²) >= 11 is 0. The summed E-state index contributed by atoms with van der Waals surface area (Å²) in [6.07, 6.45) is 1.10. The highest BCUT2D eigenvalue weighted by molar-refractivity contribution is 5.74. The first-order valence-corrected chi connectivity index (χ1v) is 7.26. The molecule has 1 saturated heterocycles. The van der Waals surface area contributed by atoms with E-state index in [2.05, 4.69) is 0 Å². The second-order valence-electron chi connectivity index (χ2n) is 5.90. The Morgan fingerprint density at radius 3 is 2.45 bits per heavy atom. The number of benzene rings is 1. The van der Waals surface area contributed by atoms with Crippen molar-refractivity contribution in [3.63, 3.8) is 0 Å². The van der Waals surface area contributed by atoms with Crippen molar-refractivity contribution < 1.29 is 23.8 Å². The molecule has 6 heteroatoms. The maximum Gasteiger partial charge on any atom is 0.309 e. The Morgan fingerprint density at radius 2 is 1.95 bits per heavy atom. The van der Waals surface area contributed by atoms with Crippen LogP contribution in [0.15, 0.2) is 12.1 Å². The van der Waals surface area contributed by atoms with Crippen LogP contribution in [-0.2, 0) is 11.3 Å². The van der Waals surface area contributed by atoms with Gasteiger partial charge < -0.3 is 14.6 Å². The molecule has 0 radical (unpaired) electrons. The molecule has 1 aliphatic heterocycles. The number of carboxylic acid groups (broad SMARTS) is 1. The third kappa shape index (κ3) is 3.16. The first-order chi connectivity index (χ1) is 10.4. The molecule has 0 atom stereocenters. The van der Waals surface area contributed by atoms with Gasteiger partial charge in [-0.15, -0.1) is 0 Å². The van der Waals surface area contributed by atoms with Gasteiger partial charge in [0, 0.05) is 12.1 Å². The molecule has 1 aliphatic rings. The number of nitrogens with zero attached hydrogens (tertiary/aromatic N) is 1. The number of piperidine rings is 1. The SMILES string of the molecule is COc1ccc(F)c(CN2CCC(C)(C(=O)O)CC2)c1OC. The molecule has 1 heterocycles. The Morgan fingerprint density at radius 1 is 1.32 bits per heavy atom. The Hall–Kier alpha value is -1.82. The number of carbonyl (C=O) groups is 1. The minimum Gasteiger partial charge on any atom is -0.493 e. The van der Waals surface area contributed by atoms with Gasteiger partial charge >= 0.3 is 5.97 Å². The zero-order chi connectivity index (χ0) is 16.3. The average Bonchev–Trinajstić information content (AvgIpc) is 2.51. The number of likely N-dealkylation sites (tertiary alicyclic amines) is 1. The Labute approximate surface area is 129 Å². The molecule has 122 valence electrons. The van der Waals surface area contributed by atoms with Crippen molar-refractivity contribution in [3.8, 4) is 11.5 Å². The molecule has 1 N–H and O–H groups in total. The molecule has 1 aromatic carbocycles. The van der Waals surface area contributed by atoms with Gasteiger partial charge in [0.1, 0.15) is 5.82 Å². The standard InChI is InChI=1S/C16H22FNO4/c1-16(15(19)20)6-8-18(9-7-16)10-11-12(17)4-5-13(21-2)14(11)22-3/h4-5H,6-10H2,1-3H3,(H,19,20). The minimum atomic E-state index is -0.766. The van der Waals surface area contributed by atoms with E-state index < -0.39 is 11.4 Å². The quantitative estimate of drug-likeness (QED) is 0.905. The lowest BCUT2D eigenvalue weighted by atomic mass is 9.80. The summed E-state index contributed by atoms with van der Waals surface area (Å²) in [5, 5.41) is 9.25. The molecule has 2 rings (SSSR count). The van der Waals surface area contributed by atoms with Gasteiger partial charge in [-0.3, -0.25) is 9.69 Å². The number of methoxy groups -OCH3 is 2. The number of carboxylic acids is 1. The van der Waals surface area contributed by atoms with Gasteiger partial charge in [0.2, 0.25) is 0 Å². The van der Waals surface area contributed by atoms with Gasteiger partial charge in [-0.05, 0) is 45.0 Å². The van der Waals surface area contributed by atoms with Gasteiger partial charge in [-0.2, -0.15) is 0 Å². The molecular formula is C16H22FNO4. The predicted molar refractivity (Wildman–Crippen MR) is 79.8 cm³/mol. The van der Waals surface area contributed by atoms with Crippen LogP contribution >= 0.6 is 0 Å². The maximum absolute atomic E-state index is 14.1. The zero-order valence-electron chi connectivity index (χ0n) is 13.2. The van der Waals surface area contributed by atoms with Crippen molar-refractivity contribution in [2.24, 2.45) is 5.41 Å². The first kappa shape index (κ1) is 16.5. The van der Waals surface area contributed by atoms with Crippen LogP contribution in [0.2, 0.25) is 0 Å². The smallest absolute Gasteiger partial charge is 0.309 e. The number of halogens is 1. The van der Waals surface area contributed by atoms with Crippen LogP contribution in [0.5, 0.6) is 11.5 Å². The van der Waals surface area contributed by atoms with Crippen LogP contribution < -0.4 is 9.47 Å². The van der Waals surface area contributed by atoms with Gasteiger partial charge in [-0.25, -0.2) is 4.39 Å². The lowest BCUT2D eigenvalue weighted by Gasteiger charge is -2.36. The number of ether oxygens (including phenoxy) is 2. The maximum atomic E-state index is 14.1. The minimum absolute atomic E-state index is 0.343. The van der Waals surface area contributed by atoms with Crippen LogP contribution in [0.1, 0.15) is 25.3 Å². The van der Waals surface area contributed by atoms with Crippen LogP contribution in [0.25, 0.3) is 0 Å². The first-order valence-electron chi connectivity index (χ1n) is 7.26. The van der Waals surface area contributed by atoms with Crippen molar-refractivity contribution in [1.29, 1.82) is 0 Å². The summed E-state index contributed by atoms with van der Waals surface area (Å²) in [4.78, 5) is 13.3. The Bertz CT molecular complexity index is 553. The summed E-state index contributed by atoms with van der Waals surface area (Å²) < 4.78 is 24.6. The molecule has 0 aliphatic carbocycles. The molecule has 1 aromatic rings. The Kier molecular flexibility index (Phi) is 4.90. The summed E-state index contributed by atoms with van der Waals surface area (Å²) in [6.45, 7) is 3.37. The van der Waals surface area contributed by atoms with E-state index in [1.807, 2.05) is 4.90 Å². The van der Waals surface area contributed by atoms with Crippen LogP contribution in [0.4, 0.5) is 4.39 Å². The molecule has 0 spiro atoms. The summed E-state index contributed by atoms with van der Waals surface area (Å²) in [5.74, 6) is -0.220. The topological polar surface area (TPSA) is 59.0 Å². The zero-order valence-corrected chi connectivity index (χ0v) is 13.2. The van der Waals surface area contributed by atoms with E-state index in [9.17, 15) is 14.3 Å². The van der Waals surface area contributed by atoms with E-state index in [-0.39, 0.29) is 5.82 Å². The summed E-state index contributed by atoms with van der Waals surface area (Å²) in [7, 11) is 3.00. The fourth-order valence-corrected chi connectivity index (χ4v) is 2.76. The molecule has 0 aromatic heterocycles. The van der Waals surface area contributed by atoms with Crippen LogP contribution in [-0.4, -0.2) is 43.3 Å². The molecular weight excluding hydrogens is 289 g/mol. The van der Waals surface area contributed by atoms with Crippen molar-refractivity contribution in [2.75, 3.05) is 27.3 Å². The second kappa shape index (κ2) is 6.52. The van der Waals surface area contributed by atoms with Crippen molar-refractivity contribution in [2.45, 2.75) is 26.3 Å². The molecule has 0 amide bonds. The number of hydrogen-bond acceptors (Lipinski definition) is 4. The Balaban J connectivity index is 2.14. The lowest BCUT2D eigenvalue weighted by Crippen LogP contribution is -2.42. The fourth-order valence-electron chi connectivity index (χ4n) is 2.76. The highest BCUT2D eigenvalue weighted by Crippen LogP contribution is 2.36. The van der Waals surface area contributed by atoms with Gasteiger partial charge in [0.15, 0.2) is 11.5 Å². The van der Waals surface area contributed by atoms with Gasteiger partial charge in [-0.1, -0.05) is 0 Å². The van der Waals surface area contributed by atoms with E-state index in [4.69, 9.17) is 9.47 Å². The van der Waals surface area contributed by atoms with E-state index in [0.29, 0.717) is 49.5 Å². The molecule has 0 saturated carbocycles. The summed E-state index contributed by atoms with van der Waals surface area (Å²) in [6, 6.07) is 2.90. The molecule has 5 nitrogen and oxygen atoms in total. The lowest BCUT2D eigenvalue weighted by molar-refractivity contribution is -0.150. The number of hydrogen-bond donors (Lipinski definition) is 1. The second-order valence-corrected chi connectivity index (χ2v) is 5.90.